The molecule has 0 atom stereocenters. The van der Waals surface area contributed by atoms with Crippen molar-refractivity contribution in [3.8, 4) is 0 Å². The Morgan fingerprint density at radius 2 is 1.70 bits per heavy atom. The minimum absolute atomic E-state index is 0.0229. The van der Waals surface area contributed by atoms with Gasteiger partial charge in [-0.1, -0.05) is 53.5 Å². The summed E-state index contributed by atoms with van der Waals surface area (Å²) < 4.78 is 27.2. The van der Waals surface area contributed by atoms with Gasteiger partial charge in [-0.25, -0.2) is 0 Å². The number of fused-ring (bicyclic) bond motifs is 1. The van der Waals surface area contributed by atoms with E-state index in [0.717, 1.165) is 9.65 Å². The zero-order chi connectivity index (χ0) is 21.5. The van der Waals surface area contributed by atoms with Crippen LogP contribution in [0.3, 0.4) is 0 Å². The third-order valence-corrected chi connectivity index (χ3v) is 6.95. The molecule has 0 radical (unpaired) electrons. The Bertz CT molecular complexity index is 1370. The lowest BCUT2D eigenvalue weighted by molar-refractivity contribution is 0.0993. The van der Waals surface area contributed by atoms with Gasteiger partial charge in [0.15, 0.2) is 5.78 Å². The van der Waals surface area contributed by atoms with Crippen molar-refractivity contribution in [3.05, 3.63) is 93.6 Å². The minimum atomic E-state index is -3.88. The third-order valence-electron chi connectivity index (χ3n) is 4.72. The molecular weight excluding hydrogens is 443 g/mol. The maximum Gasteiger partial charge on any atom is 0.283 e. The summed E-state index contributed by atoms with van der Waals surface area (Å²) in [6, 6.07) is 16.7. The van der Waals surface area contributed by atoms with Gasteiger partial charge in [0.2, 0.25) is 0 Å². The van der Waals surface area contributed by atoms with E-state index in [1.807, 2.05) is 13.0 Å². The number of benzene rings is 3. The first-order valence-electron chi connectivity index (χ1n) is 9.03. The van der Waals surface area contributed by atoms with Gasteiger partial charge in [0, 0.05) is 11.8 Å². The van der Waals surface area contributed by atoms with Crippen LogP contribution in [0.5, 0.6) is 0 Å². The Hall–Kier alpha value is -2.67. The van der Waals surface area contributed by atoms with E-state index in [4.69, 9.17) is 23.2 Å². The van der Waals surface area contributed by atoms with Gasteiger partial charge in [-0.15, -0.1) is 0 Å². The Balaban J connectivity index is 1.74. The Morgan fingerprint density at radius 1 is 1.00 bits per heavy atom. The number of carbonyl (C=O) groups excluding carboxylic acids is 1. The van der Waals surface area contributed by atoms with E-state index in [9.17, 15) is 13.2 Å². The predicted octanol–water partition coefficient (Wildman–Crippen LogP) is 5.31. The first-order chi connectivity index (χ1) is 14.3. The van der Waals surface area contributed by atoms with Crippen LogP contribution in [0.4, 0.5) is 0 Å². The van der Waals surface area contributed by atoms with Gasteiger partial charge < -0.3 is 0 Å². The molecule has 4 rings (SSSR count). The van der Waals surface area contributed by atoms with Crippen LogP contribution in [-0.4, -0.2) is 23.4 Å². The Kier molecular flexibility index (Phi) is 5.40. The molecule has 5 nitrogen and oxygen atoms in total. The highest BCUT2D eigenvalue weighted by atomic mass is 35.5. The fourth-order valence-electron chi connectivity index (χ4n) is 3.26. The molecule has 0 spiro atoms. The third kappa shape index (κ3) is 3.74. The highest BCUT2D eigenvalue weighted by Crippen LogP contribution is 2.27. The number of hydrogen-bond donors (Lipinski definition) is 0. The van der Waals surface area contributed by atoms with Crippen molar-refractivity contribution in [3.63, 3.8) is 0 Å². The van der Waals surface area contributed by atoms with Crippen molar-refractivity contribution < 1.29 is 13.2 Å². The van der Waals surface area contributed by atoms with E-state index in [-0.39, 0.29) is 32.7 Å². The fourth-order valence-corrected chi connectivity index (χ4v) is 5.24. The van der Waals surface area contributed by atoms with Crippen LogP contribution in [-0.2, 0) is 16.4 Å². The number of halogens is 2. The molecule has 0 amide bonds. The number of aryl methyl sites for hydroxylation is 1. The quantitative estimate of drug-likeness (QED) is 0.379. The summed E-state index contributed by atoms with van der Waals surface area (Å²) in [5.41, 5.74) is 2.11. The van der Waals surface area contributed by atoms with Crippen LogP contribution in [0.1, 0.15) is 21.5 Å². The molecule has 0 aliphatic rings. The largest absolute Gasteiger partial charge is 0.294 e. The summed E-state index contributed by atoms with van der Waals surface area (Å²) in [7, 11) is -3.88. The first-order valence-corrected chi connectivity index (χ1v) is 11.2. The molecule has 1 heterocycles. The first kappa shape index (κ1) is 20.6. The van der Waals surface area contributed by atoms with Gasteiger partial charge >= 0.3 is 0 Å². The van der Waals surface area contributed by atoms with Crippen LogP contribution in [0.2, 0.25) is 10.0 Å². The van der Waals surface area contributed by atoms with Gasteiger partial charge in [0.25, 0.3) is 10.0 Å². The van der Waals surface area contributed by atoms with Gasteiger partial charge in [0.05, 0.1) is 32.2 Å². The molecule has 0 unspecified atom stereocenters. The smallest absolute Gasteiger partial charge is 0.283 e. The van der Waals surface area contributed by atoms with Crippen LogP contribution in [0, 0.1) is 6.92 Å². The molecule has 0 aliphatic carbocycles. The van der Waals surface area contributed by atoms with E-state index in [1.54, 1.807) is 48.5 Å². The van der Waals surface area contributed by atoms with E-state index >= 15 is 0 Å². The number of aromatic nitrogens is 2. The molecule has 1 aromatic heterocycles. The monoisotopic (exact) mass is 458 g/mol. The van der Waals surface area contributed by atoms with Crippen molar-refractivity contribution >= 4 is 49.9 Å². The normalized spacial score (nSPS) is 11.7. The van der Waals surface area contributed by atoms with Gasteiger partial charge in [-0.05, 0) is 48.4 Å². The van der Waals surface area contributed by atoms with Crippen LogP contribution in [0.15, 0.2) is 71.8 Å². The average molecular weight is 459 g/mol. The van der Waals surface area contributed by atoms with E-state index in [0.29, 0.717) is 16.5 Å². The number of Topliss-reactive ketones (excluding diaryl/α,β-unsaturated/α-hetero) is 1. The summed E-state index contributed by atoms with van der Waals surface area (Å²) in [5.74, 6) is -0.252. The fraction of sp³-hybridized carbons (Fsp3) is 0.0909. The van der Waals surface area contributed by atoms with Gasteiger partial charge in [0.1, 0.15) is 0 Å². The van der Waals surface area contributed by atoms with Crippen molar-refractivity contribution in [2.75, 3.05) is 0 Å². The highest BCUT2D eigenvalue weighted by Gasteiger charge is 2.21. The predicted molar refractivity (Wildman–Crippen MR) is 118 cm³/mol. The number of hydrogen-bond acceptors (Lipinski definition) is 4. The molecule has 3 aromatic carbocycles. The number of carbonyl (C=O) groups is 1. The summed E-state index contributed by atoms with van der Waals surface area (Å²) >= 11 is 12.3. The molecule has 0 fully saturated rings. The van der Waals surface area contributed by atoms with Crippen LogP contribution in [0.25, 0.3) is 10.9 Å². The molecule has 0 bridgehead atoms. The summed E-state index contributed by atoms with van der Waals surface area (Å²) in [4.78, 5) is 12.9. The number of ketones is 1. The molecular formula is C22H16Cl2N2O3S. The zero-order valence-electron chi connectivity index (χ0n) is 15.8. The second-order valence-corrected chi connectivity index (χ2v) is 9.48. The molecule has 8 heteroatoms. The SMILES string of the molecule is Cc1cccc(S(=O)(=O)n2ncc3ccc(CC(=O)c4c(Cl)cccc4Cl)cc32)c1. The summed E-state index contributed by atoms with van der Waals surface area (Å²) in [5, 5.41) is 5.29. The standard InChI is InChI=1S/C22H16Cl2N2O3S/c1-14-4-2-5-17(10-14)30(28,29)26-20-11-15(8-9-16(20)13-25-26)12-21(27)22-18(23)6-3-7-19(22)24/h2-11,13H,12H2,1H3. The second kappa shape index (κ2) is 7.87. The summed E-state index contributed by atoms with van der Waals surface area (Å²) in [6.07, 6.45) is 1.51. The summed E-state index contributed by atoms with van der Waals surface area (Å²) in [6.45, 7) is 1.82. The maximum absolute atomic E-state index is 13.1. The number of nitrogens with zero attached hydrogens (tertiary/aromatic N) is 2. The molecule has 0 saturated heterocycles. The van der Waals surface area contributed by atoms with Gasteiger partial charge in [-0.3, -0.25) is 4.79 Å². The zero-order valence-corrected chi connectivity index (χ0v) is 18.2. The van der Waals surface area contributed by atoms with Crippen LogP contribution < -0.4 is 0 Å². The maximum atomic E-state index is 13.1. The topological polar surface area (TPSA) is 69.0 Å². The van der Waals surface area contributed by atoms with Crippen molar-refractivity contribution in [1.82, 2.24) is 9.19 Å². The van der Waals surface area contributed by atoms with Crippen LogP contribution >= 0.6 is 23.2 Å². The van der Waals surface area contributed by atoms with Gasteiger partial charge in [-0.2, -0.15) is 17.6 Å². The molecule has 0 saturated carbocycles. The lowest BCUT2D eigenvalue weighted by atomic mass is 10.0. The Morgan fingerprint density at radius 3 is 2.40 bits per heavy atom. The van der Waals surface area contributed by atoms with Crippen molar-refractivity contribution in [2.24, 2.45) is 0 Å². The Labute approximate surface area is 183 Å². The van der Waals surface area contributed by atoms with E-state index in [2.05, 4.69) is 5.10 Å². The average Bonchev–Trinajstić information content (AvgIpc) is 3.12. The van der Waals surface area contributed by atoms with E-state index in [1.165, 1.54) is 12.3 Å². The molecule has 152 valence electrons. The molecule has 4 aromatic rings. The molecule has 0 aliphatic heterocycles. The number of rotatable bonds is 5. The van der Waals surface area contributed by atoms with E-state index < -0.39 is 10.0 Å². The lowest BCUT2D eigenvalue weighted by Crippen LogP contribution is -2.14. The molecule has 30 heavy (non-hydrogen) atoms. The minimum Gasteiger partial charge on any atom is -0.294 e. The highest BCUT2D eigenvalue weighted by molar-refractivity contribution is 7.90. The lowest BCUT2D eigenvalue weighted by Gasteiger charge is -2.09. The van der Waals surface area contributed by atoms with Crippen molar-refractivity contribution in [1.29, 1.82) is 0 Å². The molecule has 0 N–H and O–H groups in total. The van der Waals surface area contributed by atoms with Crippen molar-refractivity contribution in [2.45, 2.75) is 18.2 Å². The second-order valence-electron chi connectivity index (χ2n) is 6.90.